The molecule has 0 aliphatic carbocycles. The molecule has 0 bridgehead atoms. The molecule has 4 nitrogen and oxygen atoms in total. The number of nitrogens with two attached hydrogens (primary N) is 1. The SMILES string of the molecule is CC(O)CN1CCN(CCCCN)CC1. The standard InChI is InChI=1S/C11H25N3O/c1-11(15)10-14-8-6-13(7-9-14)5-3-2-4-12/h11,15H,2-10,12H2,1H3. The Morgan fingerprint density at radius 3 is 2.27 bits per heavy atom. The van der Waals surface area contributed by atoms with Crippen molar-refractivity contribution in [1.82, 2.24) is 9.80 Å². The van der Waals surface area contributed by atoms with E-state index in [0.29, 0.717) is 0 Å². The van der Waals surface area contributed by atoms with E-state index in [-0.39, 0.29) is 6.10 Å². The largest absolute Gasteiger partial charge is 0.392 e. The van der Waals surface area contributed by atoms with Gasteiger partial charge in [-0.1, -0.05) is 0 Å². The van der Waals surface area contributed by atoms with Crippen LogP contribution in [0.4, 0.5) is 0 Å². The minimum atomic E-state index is -0.200. The van der Waals surface area contributed by atoms with Crippen LogP contribution in [-0.2, 0) is 0 Å². The first-order valence-corrected chi connectivity index (χ1v) is 6.05. The van der Waals surface area contributed by atoms with Crippen molar-refractivity contribution in [3.63, 3.8) is 0 Å². The summed E-state index contributed by atoms with van der Waals surface area (Å²) in [5, 5.41) is 9.27. The highest BCUT2D eigenvalue weighted by Crippen LogP contribution is 2.03. The highest BCUT2D eigenvalue weighted by atomic mass is 16.3. The molecule has 1 aliphatic heterocycles. The molecule has 0 aromatic heterocycles. The number of nitrogens with zero attached hydrogens (tertiary/aromatic N) is 2. The second-order valence-corrected chi connectivity index (χ2v) is 4.49. The molecule has 0 spiro atoms. The van der Waals surface area contributed by atoms with Crippen molar-refractivity contribution in [2.45, 2.75) is 25.9 Å². The lowest BCUT2D eigenvalue weighted by atomic mass is 10.2. The molecule has 0 aromatic rings. The van der Waals surface area contributed by atoms with Crippen LogP contribution in [0.15, 0.2) is 0 Å². The Morgan fingerprint density at radius 1 is 1.13 bits per heavy atom. The Balaban J connectivity index is 2.07. The Hall–Kier alpha value is -0.160. The zero-order valence-corrected chi connectivity index (χ0v) is 9.86. The molecule has 3 N–H and O–H groups in total. The molecule has 1 saturated heterocycles. The summed E-state index contributed by atoms with van der Waals surface area (Å²) in [5.74, 6) is 0. The summed E-state index contributed by atoms with van der Waals surface area (Å²) >= 11 is 0. The lowest BCUT2D eigenvalue weighted by molar-refractivity contribution is 0.0803. The molecule has 0 amide bonds. The van der Waals surface area contributed by atoms with E-state index in [4.69, 9.17) is 5.73 Å². The van der Waals surface area contributed by atoms with E-state index in [0.717, 1.165) is 45.7 Å². The van der Waals surface area contributed by atoms with Crippen molar-refractivity contribution in [2.75, 3.05) is 45.8 Å². The molecule has 1 fully saturated rings. The number of hydrogen-bond acceptors (Lipinski definition) is 4. The predicted octanol–water partition coefficient (Wildman–Crippen LogP) is -0.276. The Kier molecular flexibility index (Phi) is 6.17. The zero-order chi connectivity index (χ0) is 11.1. The quantitative estimate of drug-likeness (QED) is 0.599. The molecule has 1 heterocycles. The Bertz CT molecular complexity index is 156. The van der Waals surface area contributed by atoms with E-state index in [9.17, 15) is 5.11 Å². The third-order valence-corrected chi connectivity index (χ3v) is 2.92. The third-order valence-electron chi connectivity index (χ3n) is 2.92. The Morgan fingerprint density at radius 2 is 1.73 bits per heavy atom. The van der Waals surface area contributed by atoms with Crippen LogP contribution in [0.5, 0.6) is 0 Å². The molecule has 1 aliphatic rings. The smallest absolute Gasteiger partial charge is 0.0639 e. The second-order valence-electron chi connectivity index (χ2n) is 4.49. The van der Waals surface area contributed by atoms with Gasteiger partial charge in [-0.15, -0.1) is 0 Å². The van der Waals surface area contributed by atoms with Crippen LogP contribution in [0.3, 0.4) is 0 Å². The Labute approximate surface area is 93.0 Å². The minimum absolute atomic E-state index is 0.200. The summed E-state index contributed by atoms with van der Waals surface area (Å²) < 4.78 is 0. The lowest BCUT2D eigenvalue weighted by Crippen LogP contribution is -2.48. The molecule has 4 heteroatoms. The number of piperazine rings is 1. The number of unbranched alkanes of at least 4 members (excludes halogenated alkanes) is 1. The molecule has 0 saturated carbocycles. The highest BCUT2D eigenvalue weighted by Gasteiger charge is 2.16. The van der Waals surface area contributed by atoms with Gasteiger partial charge < -0.3 is 15.7 Å². The van der Waals surface area contributed by atoms with Gasteiger partial charge in [0, 0.05) is 32.7 Å². The molecule has 15 heavy (non-hydrogen) atoms. The van der Waals surface area contributed by atoms with E-state index >= 15 is 0 Å². The second kappa shape index (κ2) is 7.17. The first-order chi connectivity index (χ1) is 7.22. The van der Waals surface area contributed by atoms with Crippen molar-refractivity contribution in [1.29, 1.82) is 0 Å². The van der Waals surface area contributed by atoms with Gasteiger partial charge in [0.25, 0.3) is 0 Å². The van der Waals surface area contributed by atoms with E-state index in [2.05, 4.69) is 9.80 Å². The number of rotatable bonds is 6. The van der Waals surface area contributed by atoms with Crippen LogP contribution in [0, 0.1) is 0 Å². The third kappa shape index (κ3) is 5.47. The maximum atomic E-state index is 9.27. The average Bonchev–Trinajstić information content (AvgIpc) is 2.20. The summed E-state index contributed by atoms with van der Waals surface area (Å²) in [7, 11) is 0. The molecule has 0 aromatic carbocycles. The summed E-state index contributed by atoms with van der Waals surface area (Å²) in [6, 6.07) is 0. The van der Waals surface area contributed by atoms with Crippen LogP contribution < -0.4 is 5.73 Å². The molecular weight excluding hydrogens is 190 g/mol. The summed E-state index contributed by atoms with van der Waals surface area (Å²) in [6.45, 7) is 9.11. The lowest BCUT2D eigenvalue weighted by Gasteiger charge is -2.35. The minimum Gasteiger partial charge on any atom is -0.392 e. The van der Waals surface area contributed by atoms with Gasteiger partial charge in [0.1, 0.15) is 0 Å². The molecule has 1 rings (SSSR count). The van der Waals surface area contributed by atoms with Gasteiger partial charge in [-0.3, -0.25) is 4.90 Å². The number of β-amino-alcohol motifs (C(OH)–C–C–N with tert-alkyl or cyclic N) is 1. The fraction of sp³-hybridized carbons (Fsp3) is 1.00. The molecule has 1 atom stereocenters. The molecule has 0 radical (unpaired) electrons. The fourth-order valence-corrected chi connectivity index (χ4v) is 2.05. The van der Waals surface area contributed by atoms with E-state index < -0.39 is 0 Å². The topological polar surface area (TPSA) is 52.7 Å². The van der Waals surface area contributed by atoms with E-state index in [1.165, 1.54) is 13.0 Å². The van der Waals surface area contributed by atoms with Crippen molar-refractivity contribution < 1.29 is 5.11 Å². The maximum Gasteiger partial charge on any atom is 0.0639 e. The first-order valence-electron chi connectivity index (χ1n) is 6.05. The number of aliphatic hydroxyl groups is 1. The van der Waals surface area contributed by atoms with Gasteiger partial charge in [-0.25, -0.2) is 0 Å². The average molecular weight is 215 g/mol. The van der Waals surface area contributed by atoms with Crippen LogP contribution in [0.1, 0.15) is 19.8 Å². The fourth-order valence-electron chi connectivity index (χ4n) is 2.05. The van der Waals surface area contributed by atoms with Crippen LogP contribution in [0.2, 0.25) is 0 Å². The molecular formula is C11H25N3O. The van der Waals surface area contributed by atoms with Crippen molar-refractivity contribution in [3.05, 3.63) is 0 Å². The van der Waals surface area contributed by atoms with Crippen molar-refractivity contribution in [3.8, 4) is 0 Å². The van der Waals surface area contributed by atoms with Crippen molar-refractivity contribution >= 4 is 0 Å². The van der Waals surface area contributed by atoms with Gasteiger partial charge in [0.05, 0.1) is 6.10 Å². The van der Waals surface area contributed by atoms with Crippen LogP contribution in [0.25, 0.3) is 0 Å². The normalized spacial score (nSPS) is 21.8. The highest BCUT2D eigenvalue weighted by molar-refractivity contribution is 4.72. The maximum absolute atomic E-state index is 9.27. The van der Waals surface area contributed by atoms with Gasteiger partial charge in [0.2, 0.25) is 0 Å². The van der Waals surface area contributed by atoms with Crippen LogP contribution in [-0.4, -0.2) is 66.8 Å². The van der Waals surface area contributed by atoms with Gasteiger partial charge in [-0.2, -0.15) is 0 Å². The summed E-state index contributed by atoms with van der Waals surface area (Å²) in [6.07, 6.45) is 2.15. The number of aliphatic hydroxyl groups excluding tert-OH is 1. The van der Waals surface area contributed by atoms with Crippen LogP contribution >= 0.6 is 0 Å². The summed E-state index contributed by atoms with van der Waals surface area (Å²) in [4.78, 5) is 4.83. The summed E-state index contributed by atoms with van der Waals surface area (Å²) in [5.41, 5.74) is 5.47. The van der Waals surface area contributed by atoms with Gasteiger partial charge in [-0.05, 0) is 32.9 Å². The number of hydrogen-bond donors (Lipinski definition) is 2. The van der Waals surface area contributed by atoms with E-state index in [1.807, 2.05) is 6.92 Å². The van der Waals surface area contributed by atoms with E-state index in [1.54, 1.807) is 0 Å². The van der Waals surface area contributed by atoms with Crippen molar-refractivity contribution in [2.24, 2.45) is 5.73 Å². The molecule has 90 valence electrons. The zero-order valence-electron chi connectivity index (χ0n) is 9.86. The molecule has 1 unspecified atom stereocenters. The van der Waals surface area contributed by atoms with Gasteiger partial charge in [0.15, 0.2) is 0 Å². The monoisotopic (exact) mass is 215 g/mol. The predicted molar refractivity (Wildman–Crippen MR) is 62.8 cm³/mol. The first kappa shape index (κ1) is 12.9. The van der Waals surface area contributed by atoms with Gasteiger partial charge >= 0.3 is 0 Å².